The molecule has 0 saturated carbocycles. The first kappa shape index (κ1) is 15.4. The minimum absolute atomic E-state index is 0.228. The summed E-state index contributed by atoms with van der Waals surface area (Å²) in [6.45, 7) is 7.16. The van der Waals surface area contributed by atoms with E-state index in [4.69, 9.17) is 15.7 Å². The van der Waals surface area contributed by atoms with Gasteiger partial charge in [0.2, 0.25) is 0 Å². The zero-order chi connectivity index (χ0) is 15.5. The van der Waals surface area contributed by atoms with Gasteiger partial charge >= 0.3 is 0 Å². The van der Waals surface area contributed by atoms with Gasteiger partial charge in [0, 0.05) is 32.4 Å². The number of hydrogen-bond donors (Lipinski definition) is 2. The smallest absolute Gasteiger partial charge is 0.171 e. The highest BCUT2D eigenvalue weighted by molar-refractivity contribution is 5.88. The molecule has 0 bridgehead atoms. The van der Waals surface area contributed by atoms with Crippen molar-refractivity contribution in [1.29, 1.82) is 0 Å². The van der Waals surface area contributed by atoms with Gasteiger partial charge in [-0.2, -0.15) is 0 Å². The van der Waals surface area contributed by atoms with Gasteiger partial charge in [0.1, 0.15) is 0 Å². The van der Waals surface area contributed by atoms with Crippen molar-refractivity contribution in [3.63, 3.8) is 0 Å². The standard InChI is InChI=1S/C14H23N5O2/c1-14(2,13(15)17-20)19-9-7-18(8-10-19)12-11(21-3)5-4-6-16-12/h4-6,20H,7-10H2,1-3H3,(H2,15,17). The molecular formula is C14H23N5O2. The van der Waals surface area contributed by atoms with Crippen molar-refractivity contribution in [3.8, 4) is 5.75 Å². The predicted molar refractivity (Wildman–Crippen MR) is 82.1 cm³/mol. The Morgan fingerprint density at radius 3 is 2.62 bits per heavy atom. The van der Waals surface area contributed by atoms with Gasteiger partial charge in [-0.25, -0.2) is 4.98 Å². The van der Waals surface area contributed by atoms with Crippen LogP contribution in [0.3, 0.4) is 0 Å². The molecule has 1 aliphatic rings. The molecule has 2 heterocycles. The molecular weight excluding hydrogens is 270 g/mol. The quantitative estimate of drug-likeness (QED) is 0.368. The van der Waals surface area contributed by atoms with E-state index in [0.29, 0.717) is 0 Å². The zero-order valence-corrected chi connectivity index (χ0v) is 12.8. The largest absolute Gasteiger partial charge is 0.493 e. The van der Waals surface area contributed by atoms with Crippen LogP contribution in [0.15, 0.2) is 23.5 Å². The van der Waals surface area contributed by atoms with Gasteiger partial charge in [0.25, 0.3) is 0 Å². The number of hydrogen-bond acceptors (Lipinski definition) is 6. The van der Waals surface area contributed by atoms with Crippen molar-refractivity contribution in [1.82, 2.24) is 9.88 Å². The molecule has 21 heavy (non-hydrogen) atoms. The predicted octanol–water partition coefficient (Wildman–Crippen LogP) is 0.737. The summed E-state index contributed by atoms with van der Waals surface area (Å²) in [5.74, 6) is 1.87. The van der Waals surface area contributed by atoms with Crippen molar-refractivity contribution in [2.24, 2.45) is 10.9 Å². The summed E-state index contributed by atoms with van der Waals surface area (Å²) in [4.78, 5) is 8.80. The van der Waals surface area contributed by atoms with Gasteiger partial charge < -0.3 is 20.6 Å². The second kappa shape index (κ2) is 6.17. The van der Waals surface area contributed by atoms with E-state index >= 15 is 0 Å². The molecule has 0 aromatic carbocycles. The van der Waals surface area contributed by atoms with Crippen molar-refractivity contribution in [2.45, 2.75) is 19.4 Å². The Labute approximate surface area is 125 Å². The van der Waals surface area contributed by atoms with E-state index in [9.17, 15) is 0 Å². The Morgan fingerprint density at radius 2 is 2.05 bits per heavy atom. The van der Waals surface area contributed by atoms with E-state index in [1.807, 2.05) is 26.0 Å². The number of nitrogens with two attached hydrogens (primary N) is 1. The number of anilines is 1. The van der Waals surface area contributed by atoms with Crippen LogP contribution in [0.25, 0.3) is 0 Å². The lowest BCUT2D eigenvalue weighted by molar-refractivity contribution is 0.160. The molecule has 3 N–H and O–H groups in total. The van der Waals surface area contributed by atoms with Crippen molar-refractivity contribution >= 4 is 11.7 Å². The third-order valence-electron chi connectivity index (χ3n) is 4.08. The number of aromatic nitrogens is 1. The first-order valence-electron chi connectivity index (χ1n) is 6.97. The van der Waals surface area contributed by atoms with Crippen LogP contribution < -0.4 is 15.4 Å². The second-order valence-electron chi connectivity index (χ2n) is 5.55. The van der Waals surface area contributed by atoms with Crippen LogP contribution in [-0.4, -0.2) is 59.8 Å². The lowest BCUT2D eigenvalue weighted by Crippen LogP contribution is -2.60. The molecule has 0 atom stereocenters. The molecule has 1 saturated heterocycles. The monoisotopic (exact) mass is 293 g/mol. The molecule has 1 fully saturated rings. The Morgan fingerprint density at radius 1 is 1.38 bits per heavy atom. The fraction of sp³-hybridized carbons (Fsp3) is 0.571. The Hall–Kier alpha value is -2.02. The number of piperazine rings is 1. The van der Waals surface area contributed by atoms with Gasteiger partial charge in [-0.1, -0.05) is 5.16 Å². The zero-order valence-electron chi connectivity index (χ0n) is 12.8. The molecule has 0 radical (unpaired) electrons. The van der Waals surface area contributed by atoms with E-state index in [2.05, 4.69) is 19.9 Å². The van der Waals surface area contributed by atoms with Gasteiger partial charge in [-0.05, 0) is 26.0 Å². The molecule has 1 aromatic heterocycles. The highest BCUT2D eigenvalue weighted by Crippen LogP contribution is 2.27. The van der Waals surface area contributed by atoms with Gasteiger partial charge in [-0.3, -0.25) is 4.90 Å². The van der Waals surface area contributed by atoms with Crippen molar-refractivity contribution < 1.29 is 9.94 Å². The number of ether oxygens (including phenoxy) is 1. The molecule has 116 valence electrons. The van der Waals surface area contributed by atoms with E-state index in [1.165, 1.54) is 0 Å². The third kappa shape index (κ3) is 3.02. The Kier molecular flexibility index (Phi) is 4.52. The second-order valence-corrected chi connectivity index (χ2v) is 5.55. The lowest BCUT2D eigenvalue weighted by atomic mass is 10.0. The molecule has 0 spiro atoms. The van der Waals surface area contributed by atoms with Gasteiger partial charge in [-0.15, -0.1) is 0 Å². The molecule has 1 aromatic rings. The van der Waals surface area contributed by atoms with Crippen LogP contribution in [0.2, 0.25) is 0 Å². The fourth-order valence-corrected chi connectivity index (χ4v) is 2.54. The van der Waals surface area contributed by atoms with Crippen molar-refractivity contribution in [3.05, 3.63) is 18.3 Å². The van der Waals surface area contributed by atoms with Crippen LogP contribution >= 0.6 is 0 Å². The highest BCUT2D eigenvalue weighted by Gasteiger charge is 2.34. The first-order chi connectivity index (χ1) is 10.0. The summed E-state index contributed by atoms with van der Waals surface area (Å²) < 4.78 is 5.36. The number of nitrogens with zero attached hydrogens (tertiary/aromatic N) is 4. The highest BCUT2D eigenvalue weighted by atomic mass is 16.5. The Bertz CT molecular complexity index is 510. The van der Waals surface area contributed by atoms with E-state index < -0.39 is 5.54 Å². The number of methoxy groups -OCH3 is 1. The fourth-order valence-electron chi connectivity index (χ4n) is 2.54. The summed E-state index contributed by atoms with van der Waals surface area (Å²) in [5.41, 5.74) is 5.32. The third-order valence-corrected chi connectivity index (χ3v) is 4.08. The summed E-state index contributed by atoms with van der Waals surface area (Å²) in [7, 11) is 1.65. The van der Waals surface area contributed by atoms with Crippen LogP contribution in [0.1, 0.15) is 13.8 Å². The minimum atomic E-state index is -0.463. The average Bonchev–Trinajstić information content (AvgIpc) is 2.54. The van der Waals surface area contributed by atoms with Crippen LogP contribution in [-0.2, 0) is 0 Å². The lowest BCUT2D eigenvalue weighted by Gasteiger charge is -2.43. The molecule has 0 aliphatic carbocycles. The van der Waals surface area contributed by atoms with E-state index in [-0.39, 0.29) is 5.84 Å². The maximum atomic E-state index is 8.90. The number of oxime groups is 1. The van der Waals surface area contributed by atoms with Crippen molar-refractivity contribution in [2.75, 3.05) is 38.2 Å². The first-order valence-corrected chi connectivity index (χ1v) is 6.97. The summed E-state index contributed by atoms with van der Waals surface area (Å²) >= 11 is 0. The van der Waals surface area contributed by atoms with Crippen LogP contribution in [0, 0.1) is 0 Å². The van der Waals surface area contributed by atoms with Gasteiger partial charge in [0.05, 0.1) is 12.6 Å². The van der Waals surface area contributed by atoms with Crippen LogP contribution in [0.5, 0.6) is 5.75 Å². The molecule has 7 nitrogen and oxygen atoms in total. The van der Waals surface area contributed by atoms with E-state index in [1.54, 1.807) is 13.3 Å². The summed E-state index contributed by atoms with van der Waals surface area (Å²) in [6.07, 6.45) is 1.77. The normalized spacial score (nSPS) is 17.9. The number of amidine groups is 1. The summed E-state index contributed by atoms with van der Waals surface area (Å²) in [6, 6.07) is 3.77. The van der Waals surface area contributed by atoms with Crippen LogP contribution in [0.4, 0.5) is 5.82 Å². The Balaban J connectivity index is 2.07. The maximum Gasteiger partial charge on any atom is 0.171 e. The minimum Gasteiger partial charge on any atom is -0.493 e. The maximum absolute atomic E-state index is 8.90. The molecule has 0 unspecified atom stereocenters. The topological polar surface area (TPSA) is 87.2 Å². The summed E-state index contributed by atoms with van der Waals surface area (Å²) in [5, 5.41) is 12.0. The molecule has 0 amide bonds. The van der Waals surface area contributed by atoms with Gasteiger partial charge in [0.15, 0.2) is 17.4 Å². The van der Waals surface area contributed by atoms with E-state index in [0.717, 1.165) is 37.7 Å². The molecule has 7 heteroatoms. The number of pyridine rings is 1. The average molecular weight is 293 g/mol. The molecule has 1 aliphatic heterocycles. The SMILES string of the molecule is COc1cccnc1N1CCN(C(C)(C)/C(N)=N/O)CC1. The molecule has 2 rings (SSSR count). The number of rotatable bonds is 4.